The first kappa shape index (κ1) is 14.9. The number of ether oxygens (including phenoxy) is 1. The van der Waals surface area contributed by atoms with Gasteiger partial charge >= 0.3 is 11.8 Å². The van der Waals surface area contributed by atoms with E-state index in [9.17, 15) is 9.59 Å². The summed E-state index contributed by atoms with van der Waals surface area (Å²) in [4.78, 5) is 23.2. The van der Waals surface area contributed by atoms with E-state index in [0.29, 0.717) is 18.0 Å². The van der Waals surface area contributed by atoms with Gasteiger partial charge in [0.1, 0.15) is 5.75 Å². The molecular formula is C12H15N3O3S. The van der Waals surface area contributed by atoms with Crippen molar-refractivity contribution in [2.24, 2.45) is 5.73 Å². The Morgan fingerprint density at radius 3 is 2.63 bits per heavy atom. The van der Waals surface area contributed by atoms with Crippen LogP contribution in [0, 0.1) is 0 Å². The molecule has 0 saturated heterocycles. The number of rotatable bonds is 5. The molecule has 0 saturated carbocycles. The van der Waals surface area contributed by atoms with Crippen LogP contribution in [0.25, 0.3) is 0 Å². The summed E-state index contributed by atoms with van der Waals surface area (Å²) < 4.78 is 5.33. The number of carbonyl (C=O) groups excluding carboxylic acids is 2. The Morgan fingerprint density at radius 2 is 2.00 bits per heavy atom. The molecule has 0 bridgehead atoms. The number of nitrogens with two attached hydrogens (primary N) is 1. The maximum absolute atomic E-state index is 11.6. The predicted molar refractivity (Wildman–Crippen MR) is 76.0 cm³/mol. The van der Waals surface area contributed by atoms with E-state index in [2.05, 4.69) is 22.9 Å². The molecule has 0 aromatic heterocycles. The number of thiocarbonyl (C=S) groups is 1. The third-order valence-corrected chi connectivity index (χ3v) is 2.21. The number of para-hydroxylation sites is 2. The van der Waals surface area contributed by atoms with Gasteiger partial charge in [-0.05, 0) is 19.1 Å². The van der Waals surface area contributed by atoms with E-state index in [1.54, 1.807) is 24.3 Å². The third kappa shape index (κ3) is 4.92. The van der Waals surface area contributed by atoms with Crippen molar-refractivity contribution in [3.63, 3.8) is 0 Å². The molecule has 1 aromatic carbocycles. The largest absolute Gasteiger partial charge is 0.492 e. The van der Waals surface area contributed by atoms with Crippen molar-refractivity contribution in [3.8, 4) is 5.75 Å². The second-order valence-corrected chi connectivity index (χ2v) is 4.06. The van der Waals surface area contributed by atoms with Crippen molar-refractivity contribution < 1.29 is 14.3 Å². The topological polar surface area (TPSA) is 93.4 Å². The van der Waals surface area contributed by atoms with E-state index in [4.69, 9.17) is 10.5 Å². The Kier molecular flexibility index (Phi) is 5.74. The Balaban J connectivity index is 2.66. The van der Waals surface area contributed by atoms with Gasteiger partial charge < -0.3 is 21.1 Å². The van der Waals surface area contributed by atoms with Crippen molar-refractivity contribution in [1.29, 1.82) is 0 Å². The monoisotopic (exact) mass is 281 g/mol. The van der Waals surface area contributed by atoms with E-state index in [1.165, 1.54) is 0 Å². The zero-order chi connectivity index (χ0) is 14.3. The highest BCUT2D eigenvalue weighted by Crippen LogP contribution is 2.23. The zero-order valence-corrected chi connectivity index (χ0v) is 11.3. The molecule has 4 N–H and O–H groups in total. The van der Waals surface area contributed by atoms with Crippen LogP contribution >= 0.6 is 12.2 Å². The summed E-state index contributed by atoms with van der Waals surface area (Å²) in [5, 5.41) is 4.75. The van der Waals surface area contributed by atoms with E-state index in [0.717, 1.165) is 0 Å². The average molecular weight is 281 g/mol. The quantitative estimate of drug-likeness (QED) is 0.537. The standard InChI is InChI=1S/C12H15N3O3S/c1-2-18-9-6-4-3-5-8(9)15-12(17)11(16)14-7-10(13)19/h3-6H,2,7H2,1H3,(H2,13,19)(H,14,16)(H,15,17). The summed E-state index contributed by atoms with van der Waals surface area (Å²) in [6, 6.07) is 6.84. The summed E-state index contributed by atoms with van der Waals surface area (Å²) in [6.45, 7) is 2.27. The van der Waals surface area contributed by atoms with Gasteiger partial charge in [-0.25, -0.2) is 0 Å². The number of nitrogens with one attached hydrogen (secondary N) is 2. The SMILES string of the molecule is CCOc1ccccc1NC(=O)C(=O)NCC(N)=S. The van der Waals surface area contributed by atoms with Crippen LogP contribution in [0.15, 0.2) is 24.3 Å². The van der Waals surface area contributed by atoms with Gasteiger partial charge in [0.2, 0.25) is 0 Å². The Morgan fingerprint density at radius 1 is 1.32 bits per heavy atom. The third-order valence-electron chi connectivity index (χ3n) is 2.06. The molecule has 19 heavy (non-hydrogen) atoms. The maximum Gasteiger partial charge on any atom is 0.313 e. The lowest BCUT2D eigenvalue weighted by atomic mass is 10.3. The molecule has 2 amide bonds. The molecule has 1 aromatic rings. The summed E-state index contributed by atoms with van der Waals surface area (Å²) in [5.74, 6) is -1.11. The Bertz CT molecular complexity index is 491. The highest BCUT2D eigenvalue weighted by molar-refractivity contribution is 7.80. The fourth-order valence-electron chi connectivity index (χ4n) is 1.28. The maximum atomic E-state index is 11.6. The fourth-order valence-corrected chi connectivity index (χ4v) is 1.35. The first-order chi connectivity index (χ1) is 9.04. The van der Waals surface area contributed by atoms with Crippen LogP contribution in [0.1, 0.15) is 6.92 Å². The van der Waals surface area contributed by atoms with Crippen LogP contribution in [-0.4, -0.2) is 30.0 Å². The molecule has 6 nitrogen and oxygen atoms in total. The minimum atomic E-state index is -0.806. The van der Waals surface area contributed by atoms with Crippen LogP contribution in [0.3, 0.4) is 0 Å². The smallest absolute Gasteiger partial charge is 0.313 e. The van der Waals surface area contributed by atoms with Crippen molar-refractivity contribution in [2.75, 3.05) is 18.5 Å². The van der Waals surface area contributed by atoms with E-state index in [-0.39, 0.29) is 11.5 Å². The molecule has 1 rings (SSSR count). The van der Waals surface area contributed by atoms with Crippen molar-refractivity contribution in [2.45, 2.75) is 6.92 Å². The van der Waals surface area contributed by atoms with Gasteiger partial charge in [0.15, 0.2) is 0 Å². The van der Waals surface area contributed by atoms with Crippen molar-refractivity contribution >= 4 is 34.7 Å². The van der Waals surface area contributed by atoms with Crippen LogP contribution in [0.5, 0.6) is 5.75 Å². The number of hydrogen-bond donors (Lipinski definition) is 3. The number of carbonyl (C=O) groups is 2. The minimum absolute atomic E-state index is 0.0192. The molecule has 0 aliphatic carbocycles. The van der Waals surface area contributed by atoms with E-state index >= 15 is 0 Å². The lowest BCUT2D eigenvalue weighted by Gasteiger charge is -2.10. The lowest BCUT2D eigenvalue weighted by Crippen LogP contribution is -2.39. The summed E-state index contributed by atoms with van der Waals surface area (Å²) in [6.07, 6.45) is 0. The summed E-state index contributed by atoms with van der Waals surface area (Å²) in [7, 11) is 0. The predicted octanol–water partition coefficient (Wildman–Crippen LogP) is 0.426. The van der Waals surface area contributed by atoms with Crippen molar-refractivity contribution in [1.82, 2.24) is 5.32 Å². The molecule has 0 aliphatic heterocycles. The van der Waals surface area contributed by atoms with Gasteiger partial charge in [-0.1, -0.05) is 24.4 Å². The number of benzene rings is 1. The molecule has 0 spiro atoms. The molecule has 0 heterocycles. The Labute approximate surface area is 116 Å². The van der Waals surface area contributed by atoms with Gasteiger partial charge in [0.05, 0.1) is 23.8 Å². The van der Waals surface area contributed by atoms with Crippen LogP contribution in [-0.2, 0) is 9.59 Å². The van der Waals surface area contributed by atoms with Gasteiger partial charge in [-0.2, -0.15) is 0 Å². The van der Waals surface area contributed by atoms with Crippen molar-refractivity contribution in [3.05, 3.63) is 24.3 Å². The second kappa shape index (κ2) is 7.32. The second-order valence-electron chi connectivity index (χ2n) is 3.53. The van der Waals surface area contributed by atoms with Gasteiger partial charge in [0.25, 0.3) is 0 Å². The first-order valence-corrected chi connectivity index (χ1v) is 6.04. The fraction of sp³-hybridized carbons (Fsp3) is 0.250. The normalized spacial score (nSPS) is 9.53. The molecule has 0 atom stereocenters. The number of anilines is 1. The summed E-state index contributed by atoms with van der Waals surface area (Å²) in [5.41, 5.74) is 5.65. The molecule has 0 radical (unpaired) electrons. The van der Waals surface area contributed by atoms with Gasteiger partial charge in [-0.3, -0.25) is 9.59 Å². The number of amides is 2. The molecule has 7 heteroatoms. The van der Waals surface area contributed by atoms with Crippen LogP contribution in [0.4, 0.5) is 5.69 Å². The highest BCUT2D eigenvalue weighted by Gasteiger charge is 2.15. The average Bonchev–Trinajstić information content (AvgIpc) is 2.38. The molecule has 0 aliphatic rings. The van der Waals surface area contributed by atoms with E-state index < -0.39 is 11.8 Å². The molecular weight excluding hydrogens is 266 g/mol. The molecule has 0 unspecified atom stereocenters. The van der Waals surface area contributed by atoms with Crippen LogP contribution < -0.4 is 21.1 Å². The lowest BCUT2D eigenvalue weighted by molar-refractivity contribution is -0.135. The minimum Gasteiger partial charge on any atom is -0.492 e. The number of hydrogen-bond acceptors (Lipinski definition) is 4. The molecule has 102 valence electrons. The van der Waals surface area contributed by atoms with Gasteiger partial charge in [0, 0.05) is 0 Å². The van der Waals surface area contributed by atoms with Crippen LogP contribution in [0.2, 0.25) is 0 Å². The highest BCUT2D eigenvalue weighted by atomic mass is 32.1. The van der Waals surface area contributed by atoms with Gasteiger partial charge in [-0.15, -0.1) is 0 Å². The summed E-state index contributed by atoms with van der Waals surface area (Å²) >= 11 is 4.60. The molecule has 0 fully saturated rings. The first-order valence-electron chi connectivity index (χ1n) is 5.64. The zero-order valence-electron chi connectivity index (χ0n) is 10.4. The Hall–Kier alpha value is -2.15. The van der Waals surface area contributed by atoms with E-state index in [1.807, 2.05) is 6.92 Å².